The molecule has 3 saturated heterocycles. The van der Waals surface area contributed by atoms with E-state index >= 15 is 0 Å². The van der Waals surface area contributed by atoms with Crippen LogP contribution in [0, 0.1) is 12.3 Å². The number of nitrogen functional groups attached to an aromatic ring is 1. The summed E-state index contributed by atoms with van der Waals surface area (Å²) in [4.78, 5) is 21.6. The third-order valence-corrected chi connectivity index (χ3v) is 11.1. The third-order valence-electron chi connectivity index (χ3n) is 9.75. The minimum Gasteiger partial charge on any atom is -0.480 e. The maximum absolute atomic E-state index is 14.9. The first-order chi connectivity index (χ1) is 22.6. The number of carbonyl (C=O) groups is 1. The second-order valence-electron chi connectivity index (χ2n) is 13.1. The average molecular weight is 693 g/mol. The highest BCUT2D eigenvalue weighted by Crippen LogP contribution is 2.43. The number of alkyl halides is 3. The smallest absolute Gasteiger partial charge is 0.429 e. The van der Waals surface area contributed by atoms with Gasteiger partial charge in [0.15, 0.2) is 0 Å². The number of piperidine rings is 2. The van der Waals surface area contributed by atoms with E-state index in [1.165, 1.54) is 27.4 Å². The fourth-order valence-electron chi connectivity index (χ4n) is 7.07. The van der Waals surface area contributed by atoms with E-state index in [4.69, 9.17) is 10.5 Å². The second kappa shape index (κ2) is 12.8. The van der Waals surface area contributed by atoms with Crippen molar-refractivity contribution in [1.29, 1.82) is 0 Å². The van der Waals surface area contributed by atoms with Gasteiger partial charge in [0.2, 0.25) is 28.0 Å². The number of sulfonamides is 1. The summed E-state index contributed by atoms with van der Waals surface area (Å²) < 4.78 is 77.0. The van der Waals surface area contributed by atoms with Crippen LogP contribution in [0.15, 0.2) is 36.5 Å². The molecule has 2 aromatic heterocycles. The van der Waals surface area contributed by atoms with E-state index in [0.29, 0.717) is 76.3 Å². The number of aryl methyl sites for hydroxylation is 1. The molecule has 3 fully saturated rings. The number of carboxylic acid groups (broad SMARTS) is 1. The largest absolute Gasteiger partial charge is 0.480 e. The van der Waals surface area contributed by atoms with Crippen LogP contribution in [-0.2, 0) is 14.8 Å². The molecule has 2 atom stereocenters. The Morgan fingerprint density at radius 3 is 2.42 bits per heavy atom. The molecule has 3 aliphatic rings. The zero-order valence-electron chi connectivity index (χ0n) is 26.7. The molecule has 0 amide bonds. The predicted molar refractivity (Wildman–Crippen MR) is 170 cm³/mol. The van der Waals surface area contributed by atoms with Crippen molar-refractivity contribution in [2.75, 3.05) is 49.6 Å². The lowest BCUT2D eigenvalue weighted by Gasteiger charge is -2.39. The molecule has 1 spiro atoms. The topological polar surface area (TPSA) is 169 Å². The van der Waals surface area contributed by atoms with Gasteiger partial charge in [0.1, 0.15) is 11.9 Å². The van der Waals surface area contributed by atoms with Crippen LogP contribution < -0.4 is 20.7 Å². The molecule has 5 heterocycles. The van der Waals surface area contributed by atoms with Crippen molar-refractivity contribution in [2.45, 2.75) is 63.3 Å². The normalized spacial score (nSPS) is 21.4. The lowest BCUT2D eigenvalue weighted by atomic mass is 9.76. The van der Waals surface area contributed by atoms with Crippen molar-refractivity contribution in [2.24, 2.45) is 5.41 Å². The summed E-state index contributed by atoms with van der Waals surface area (Å²) in [7, 11) is -3.33. The van der Waals surface area contributed by atoms with Crippen LogP contribution >= 0.6 is 0 Å². The number of nitrogens with two attached hydrogens (primary N) is 1. The number of carboxylic acids is 1. The van der Waals surface area contributed by atoms with Gasteiger partial charge >= 0.3 is 12.1 Å². The van der Waals surface area contributed by atoms with Crippen LogP contribution in [0.25, 0.3) is 5.69 Å². The molecule has 3 aliphatic heterocycles. The van der Waals surface area contributed by atoms with Gasteiger partial charge in [-0.05, 0) is 68.1 Å². The van der Waals surface area contributed by atoms with Crippen molar-refractivity contribution in [3.8, 4) is 11.6 Å². The Bertz CT molecular complexity index is 1770. The van der Waals surface area contributed by atoms with Gasteiger partial charge in [0.05, 0.1) is 17.6 Å². The summed E-state index contributed by atoms with van der Waals surface area (Å²) in [6, 6.07) is 7.13. The summed E-state index contributed by atoms with van der Waals surface area (Å²) in [5.41, 5.74) is 7.20. The molecule has 3 aromatic rings. The number of aliphatic carboxylic acids is 1. The minimum absolute atomic E-state index is 0.0550. The molecule has 0 aliphatic carbocycles. The molecule has 17 heteroatoms. The molecule has 13 nitrogen and oxygen atoms in total. The standard InChI is InChI=1S/C31H39F3N8O5S/c1-19-5-12-42(39-19)24-15-21(20-6-10-41(11-7-20)48(2,45)46)3-4-22(24)27(31(32,33)34)47-26-16-25(37-29(35)38-26)40-13-8-30(9-14-40)17-23(28(43)44)36-18-30/h3-5,12,15-16,20,23,27,36H,6-11,13-14,17-18H2,1-2H3,(H,43,44)(H2,35,37,38)/t23?,27-/m1/s1. The summed E-state index contributed by atoms with van der Waals surface area (Å²) in [5, 5.41) is 16.9. The molecule has 0 radical (unpaired) electrons. The number of nitrogens with zero attached hydrogens (tertiary/aromatic N) is 6. The first-order valence-electron chi connectivity index (χ1n) is 15.8. The molecule has 260 valence electrons. The Kier molecular flexibility index (Phi) is 9.06. The average Bonchev–Trinajstić information content (AvgIpc) is 3.65. The van der Waals surface area contributed by atoms with E-state index in [-0.39, 0.29) is 34.4 Å². The Balaban J connectivity index is 1.27. The van der Waals surface area contributed by atoms with Gasteiger partial charge in [0, 0.05) is 50.6 Å². The number of hydrogen-bond acceptors (Lipinski definition) is 10. The summed E-state index contributed by atoms with van der Waals surface area (Å²) in [6.07, 6.45) is -1.60. The fraction of sp³-hybridized carbons (Fsp3) is 0.548. The van der Waals surface area contributed by atoms with E-state index in [1.807, 2.05) is 4.90 Å². The fourth-order valence-corrected chi connectivity index (χ4v) is 7.94. The maximum atomic E-state index is 14.9. The molecule has 48 heavy (non-hydrogen) atoms. The molecule has 1 unspecified atom stereocenters. The monoisotopic (exact) mass is 692 g/mol. The lowest BCUT2D eigenvalue weighted by Crippen LogP contribution is -2.41. The minimum atomic E-state index is -4.85. The first kappa shape index (κ1) is 33.9. The zero-order valence-corrected chi connectivity index (χ0v) is 27.5. The van der Waals surface area contributed by atoms with Crippen LogP contribution in [0.3, 0.4) is 0 Å². The maximum Gasteiger partial charge on any atom is 0.429 e. The highest BCUT2D eigenvalue weighted by Gasteiger charge is 2.46. The molecule has 0 bridgehead atoms. The Morgan fingerprint density at radius 1 is 1.12 bits per heavy atom. The van der Waals surface area contributed by atoms with Gasteiger partial charge in [-0.2, -0.15) is 28.2 Å². The number of halogens is 3. The van der Waals surface area contributed by atoms with Crippen molar-refractivity contribution in [3.63, 3.8) is 0 Å². The van der Waals surface area contributed by atoms with Crippen molar-refractivity contribution < 1.29 is 36.2 Å². The molecule has 1 aromatic carbocycles. The van der Waals surface area contributed by atoms with Gasteiger partial charge < -0.3 is 25.8 Å². The van der Waals surface area contributed by atoms with E-state index in [2.05, 4.69) is 20.4 Å². The van der Waals surface area contributed by atoms with Crippen LogP contribution in [0.4, 0.5) is 24.9 Å². The van der Waals surface area contributed by atoms with Gasteiger partial charge in [-0.3, -0.25) is 4.79 Å². The van der Waals surface area contributed by atoms with Crippen LogP contribution in [0.1, 0.15) is 60.9 Å². The highest BCUT2D eigenvalue weighted by atomic mass is 32.2. The first-order valence-corrected chi connectivity index (χ1v) is 17.7. The lowest BCUT2D eigenvalue weighted by molar-refractivity contribution is -0.198. The molecular formula is C31H39F3N8O5S. The van der Waals surface area contributed by atoms with Gasteiger partial charge in [0.25, 0.3) is 0 Å². The number of anilines is 2. The Labute approximate surface area is 276 Å². The Hall–Kier alpha value is -3.96. The van der Waals surface area contributed by atoms with E-state index < -0.39 is 34.3 Å². The number of benzene rings is 1. The SMILES string of the molecule is Cc1ccn(-c2cc(C3CCN(S(C)(=O)=O)CC3)ccc2[C@@H](Oc2cc(N3CCC4(CC3)CNC(C(=O)O)C4)nc(N)n2)C(F)(F)F)n1. The highest BCUT2D eigenvalue weighted by molar-refractivity contribution is 7.88. The number of nitrogens with one attached hydrogen (secondary N) is 1. The van der Waals surface area contributed by atoms with Crippen molar-refractivity contribution >= 4 is 27.8 Å². The van der Waals surface area contributed by atoms with Gasteiger partial charge in [-0.1, -0.05) is 12.1 Å². The summed E-state index contributed by atoms with van der Waals surface area (Å²) in [5.74, 6) is -1.19. The van der Waals surface area contributed by atoms with Gasteiger partial charge in [-0.25, -0.2) is 17.4 Å². The van der Waals surface area contributed by atoms with Crippen LogP contribution in [0.5, 0.6) is 5.88 Å². The summed E-state index contributed by atoms with van der Waals surface area (Å²) >= 11 is 0. The van der Waals surface area contributed by atoms with Gasteiger partial charge in [-0.15, -0.1) is 0 Å². The molecular weight excluding hydrogens is 653 g/mol. The van der Waals surface area contributed by atoms with Crippen LogP contribution in [0.2, 0.25) is 0 Å². The molecule has 0 saturated carbocycles. The zero-order chi connectivity index (χ0) is 34.4. The van der Waals surface area contributed by atoms with E-state index in [0.717, 1.165) is 5.56 Å². The third kappa shape index (κ3) is 7.22. The number of hydrogen-bond donors (Lipinski definition) is 3. The summed E-state index contributed by atoms with van der Waals surface area (Å²) in [6.45, 7) is 4.00. The van der Waals surface area contributed by atoms with Crippen molar-refractivity contribution in [3.05, 3.63) is 53.3 Å². The van der Waals surface area contributed by atoms with E-state index in [1.54, 1.807) is 31.3 Å². The second-order valence-corrected chi connectivity index (χ2v) is 15.1. The quantitative estimate of drug-likeness (QED) is 0.316. The predicted octanol–water partition coefficient (Wildman–Crippen LogP) is 3.41. The van der Waals surface area contributed by atoms with Crippen molar-refractivity contribution in [1.82, 2.24) is 29.4 Å². The van der Waals surface area contributed by atoms with E-state index in [9.17, 15) is 31.5 Å². The number of rotatable bonds is 8. The number of ether oxygens (including phenoxy) is 1. The number of aromatic nitrogens is 4. The Morgan fingerprint density at radius 2 is 1.83 bits per heavy atom. The van der Waals surface area contributed by atoms with Crippen LogP contribution in [-0.4, -0.2) is 94.7 Å². The molecule has 6 rings (SSSR count). The molecule has 4 N–H and O–H groups in total.